The topological polar surface area (TPSA) is 143 Å². The van der Waals surface area contributed by atoms with Crippen molar-refractivity contribution in [1.82, 2.24) is 0 Å². The Morgan fingerprint density at radius 3 is 2.00 bits per heavy atom. The van der Waals surface area contributed by atoms with Crippen LogP contribution in [0.3, 0.4) is 0 Å². The van der Waals surface area contributed by atoms with Crippen molar-refractivity contribution in [3.63, 3.8) is 0 Å². The summed E-state index contributed by atoms with van der Waals surface area (Å²) in [5.74, 6) is 2.16. The van der Waals surface area contributed by atoms with Gasteiger partial charge in [-0.1, -0.05) is 32.8 Å². The minimum absolute atomic E-state index is 0.00707. The molecule has 3 unspecified atom stereocenters. The summed E-state index contributed by atoms with van der Waals surface area (Å²) in [6.07, 6.45) is 0.0464. The number of aliphatic hydroxyl groups excluding tert-OH is 1. The Balaban J connectivity index is 2.63. The smallest absolute Gasteiger partial charge is 0.242 e. The first-order valence-corrected chi connectivity index (χ1v) is 14.6. The quantitative estimate of drug-likeness (QED) is 0.156. The Morgan fingerprint density at radius 1 is 0.884 bits per heavy atom. The van der Waals surface area contributed by atoms with Gasteiger partial charge in [-0.25, -0.2) is 0 Å². The summed E-state index contributed by atoms with van der Waals surface area (Å²) in [4.78, 5) is 11.7. The predicted molar refractivity (Wildman–Crippen MR) is 163 cm³/mol. The molecule has 0 amide bonds. The fourth-order valence-corrected chi connectivity index (χ4v) is 5.78. The van der Waals surface area contributed by atoms with E-state index in [1.165, 1.54) is 28.4 Å². The maximum atomic E-state index is 12.2. The second-order valence-corrected chi connectivity index (χ2v) is 10.1. The Labute approximate surface area is 254 Å². The van der Waals surface area contributed by atoms with Gasteiger partial charge in [0.15, 0.2) is 23.0 Å². The highest BCUT2D eigenvalue weighted by Gasteiger charge is 2.45. The molecule has 0 aliphatic carbocycles. The largest absolute Gasteiger partial charge is 0.493 e. The number of hydrogen-bond donors (Lipinski definition) is 1. The summed E-state index contributed by atoms with van der Waals surface area (Å²) in [6.45, 7) is 8.30. The first-order chi connectivity index (χ1) is 20.7. The van der Waals surface area contributed by atoms with Crippen LogP contribution in [0.25, 0.3) is 0 Å². The Bertz CT molecular complexity index is 1240. The predicted octanol–water partition coefficient (Wildman–Crippen LogP) is 5.75. The Kier molecular flexibility index (Phi) is 13.7. The monoisotopic (exact) mass is 602 g/mol. The fourth-order valence-electron chi connectivity index (χ4n) is 5.78. The molecule has 0 heterocycles. The van der Waals surface area contributed by atoms with E-state index in [1.54, 1.807) is 24.3 Å². The third-order valence-electron chi connectivity index (χ3n) is 7.96. The van der Waals surface area contributed by atoms with Crippen LogP contribution >= 0.6 is 0 Å². The van der Waals surface area contributed by atoms with Crippen molar-refractivity contribution < 1.29 is 38.5 Å². The van der Waals surface area contributed by atoms with Crippen molar-refractivity contribution in [2.24, 2.45) is 5.92 Å². The molecule has 0 bridgehead atoms. The second kappa shape index (κ2) is 16.7. The number of aliphatic hydroxyl groups is 1. The zero-order valence-electron chi connectivity index (χ0n) is 26.6. The molecule has 0 radical (unpaired) electrons. The SMILES string of the molecule is CCOc1cc(C(C#N)(CCC(O)C(Cc2ccc(OC)c(OC)c2)[N+](=O)[O-])C(CC)CC)c(OCC)c(OC)c1OC. The number of methoxy groups -OCH3 is 4. The van der Waals surface area contributed by atoms with Gasteiger partial charge in [0.2, 0.25) is 17.5 Å². The van der Waals surface area contributed by atoms with Crippen molar-refractivity contribution in [2.75, 3.05) is 41.7 Å². The number of nitrogens with zero attached hydrogens (tertiary/aromatic N) is 2. The normalized spacial score (nSPS) is 13.8. The summed E-state index contributed by atoms with van der Waals surface area (Å²) in [5.41, 5.74) is -0.0357. The molecule has 0 aliphatic rings. The van der Waals surface area contributed by atoms with Gasteiger partial charge < -0.3 is 33.5 Å². The molecule has 11 nitrogen and oxygen atoms in total. The lowest BCUT2D eigenvalue weighted by atomic mass is 9.65. The first kappa shape index (κ1) is 35.3. The highest BCUT2D eigenvalue weighted by atomic mass is 16.6. The molecular formula is C32H46N2O9. The molecule has 43 heavy (non-hydrogen) atoms. The lowest BCUT2D eigenvalue weighted by Crippen LogP contribution is -2.39. The maximum absolute atomic E-state index is 12.2. The van der Waals surface area contributed by atoms with Crippen molar-refractivity contribution in [3.8, 4) is 40.6 Å². The number of hydrogen-bond acceptors (Lipinski definition) is 10. The van der Waals surface area contributed by atoms with Crippen molar-refractivity contribution in [3.05, 3.63) is 45.5 Å². The van der Waals surface area contributed by atoms with Gasteiger partial charge in [-0.3, -0.25) is 10.1 Å². The Hall–Kier alpha value is -3.91. The third kappa shape index (κ3) is 7.73. The van der Waals surface area contributed by atoms with Crippen LogP contribution in [-0.2, 0) is 11.8 Å². The maximum Gasteiger partial charge on any atom is 0.242 e. The van der Waals surface area contributed by atoms with Crippen LogP contribution < -0.4 is 28.4 Å². The van der Waals surface area contributed by atoms with E-state index >= 15 is 0 Å². The molecule has 0 spiro atoms. The standard InChI is InChI=1S/C32H46N2O9/c1-9-22(10-2)32(20-33,23-19-28(42-11-3)30(40-7)31(41-8)29(23)43-12-4)16-15-25(35)24(34(36)37)17-21-13-14-26(38-5)27(18-21)39-6/h13-14,18-19,22,24-25,35H,9-12,15-17H2,1-8H3. The van der Waals surface area contributed by atoms with E-state index < -0.39 is 22.5 Å². The van der Waals surface area contributed by atoms with Gasteiger partial charge in [-0.15, -0.1) is 0 Å². The molecule has 2 aromatic rings. The van der Waals surface area contributed by atoms with Crippen LogP contribution in [0, 0.1) is 27.4 Å². The van der Waals surface area contributed by atoms with Gasteiger partial charge in [-0.05, 0) is 56.4 Å². The van der Waals surface area contributed by atoms with Gasteiger partial charge in [0.1, 0.15) is 6.10 Å². The van der Waals surface area contributed by atoms with Crippen molar-refractivity contribution >= 4 is 0 Å². The number of benzene rings is 2. The van der Waals surface area contributed by atoms with E-state index in [1.807, 2.05) is 27.7 Å². The zero-order valence-corrected chi connectivity index (χ0v) is 26.6. The zero-order chi connectivity index (χ0) is 32.2. The van der Waals surface area contributed by atoms with Gasteiger partial charge in [0, 0.05) is 16.9 Å². The number of ether oxygens (including phenoxy) is 6. The van der Waals surface area contributed by atoms with Gasteiger partial charge in [0.25, 0.3) is 0 Å². The molecule has 0 aliphatic heterocycles. The van der Waals surface area contributed by atoms with Crippen LogP contribution in [0.2, 0.25) is 0 Å². The molecule has 0 saturated carbocycles. The first-order valence-electron chi connectivity index (χ1n) is 14.6. The average molecular weight is 603 g/mol. The highest BCUT2D eigenvalue weighted by molar-refractivity contribution is 5.65. The van der Waals surface area contributed by atoms with Crippen LogP contribution in [0.5, 0.6) is 34.5 Å². The van der Waals surface area contributed by atoms with Crippen LogP contribution in [0.4, 0.5) is 0 Å². The fraction of sp³-hybridized carbons (Fsp3) is 0.594. The van der Waals surface area contributed by atoms with E-state index in [0.29, 0.717) is 71.7 Å². The summed E-state index contributed by atoms with van der Waals surface area (Å²) in [6, 6.07) is 8.03. The Morgan fingerprint density at radius 2 is 1.51 bits per heavy atom. The number of rotatable bonds is 19. The molecule has 3 atom stereocenters. The molecule has 2 rings (SSSR count). The second-order valence-electron chi connectivity index (χ2n) is 10.1. The molecule has 238 valence electrons. The lowest BCUT2D eigenvalue weighted by Gasteiger charge is -2.37. The minimum atomic E-state index is -1.34. The summed E-state index contributed by atoms with van der Waals surface area (Å²) in [7, 11) is 5.99. The van der Waals surface area contributed by atoms with Crippen LogP contribution in [-0.4, -0.2) is 63.8 Å². The van der Waals surface area contributed by atoms with Crippen molar-refractivity contribution in [2.45, 2.75) is 77.4 Å². The van der Waals surface area contributed by atoms with E-state index in [9.17, 15) is 20.5 Å². The van der Waals surface area contributed by atoms with Crippen LogP contribution in [0.15, 0.2) is 24.3 Å². The summed E-state index contributed by atoms with van der Waals surface area (Å²) < 4.78 is 34.0. The van der Waals surface area contributed by atoms with E-state index in [0.717, 1.165) is 0 Å². The van der Waals surface area contributed by atoms with Gasteiger partial charge in [-0.2, -0.15) is 5.26 Å². The summed E-state index contributed by atoms with van der Waals surface area (Å²) in [5, 5.41) is 34.4. The van der Waals surface area contributed by atoms with E-state index in [4.69, 9.17) is 28.4 Å². The van der Waals surface area contributed by atoms with Crippen molar-refractivity contribution in [1.29, 1.82) is 5.26 Å². The summed E-state index contributed by atoms with van der Waals surface area (Å²) >= 11 is 0. The van der Waals surface area contributed by atoms with Gasteiger partial charge in [0.05, 0.1) is 53.1 Å². The molecule has 11 heteroatoms. The molecule has 2 aromatic carbocycles. The highest BCUT2D eigenvalue weighted by Crippen LogP contribution is 2.54. The number of nitro groups is 1. The van der Waals surface area contributed by atoms with E-state index in [2.05, 4.69) is 6.07 Å². The van der Waals surface area contributed by atoms with Gasteiger partial charge >= 0.3 is 0 Å². The minimum Gasteiger partial charge on any atom is -0.493 e. The average Bonchev–Trinajstić information content (AvgIpc) is 3.01. The third-order valence-corrected chi connectivity index (χ3v) is 7.96. The molecule has 1 N–H and O–H groups in total. The van der Waals surface area contributed by atoms with Crippen LogP contribution in [0.1, 0.15) is 64.5 Å². The lowest BCUT2D eigenvalue weighted by molar-refractivity contribution is -0.534. The molecule has 0 aromatic heterocycles. The molecule has 0 fully saturated rings. The number of nitriles is 1. The van der Waals surface area contributed by atoms with E-state index in [-0.39, 0.29) is 25.2 Å². The molecule has 0 saturated heterocycles. The molecular weight excluding hydrogens is 556 g/mol.